The summed E-state index contributed by atoms with van der Waals surface area (Å²) in [5, 5.41) is 3.10. The minimum absolute atomic E-state index is 0.190. The van der Waals surface area contributed by atoms with E-state index in [0.717, 1.165) is 5.56 Å². The molecule has 0 spiro atoms. The summed E-state index contributed by atoms with van der Waals surface area (Å²) in [6, 6.07) is 7.53. The number of hydrogen-bond acceptors (Lipinski definition) is 2. The van der Waals surface area contributed by atoms with Gasteiger partial charge in [-0.05, 0) is 18.6 Å². The number of hydrogen-bond donors (Lipinski definition) is 1. The van der Waals surface area contributed by atoms with Gasteiger partial charge in [0, 0.05) is 18.5 Å². The standard InChI is InChI=1S/C11H14ClNO2/c1-8(15-11(14)13-2)7-9-5-3-4-6-10(9)12/h3-6,8H,7H2,1-2H3,(H,13,14)/t8-/m0/s1. The van der Waals surface area contributed by atoms with Gasteiger partial charge in [-0.3, -0.25) is 0 Å². The number of halogens is 1. The average Bonchev–Trinajstić information content (AvgIpc) is 2.21. The molecule has 1 N–H and O–H groups in total. The van der Waals surface area contributed by atoms with Crippen LogP contribution in [-0.2, 0) is 11.2 Å². The van der Waals surface area contributed by atoms with E-state index < -0.39 is 6.09 Å². The van der Waals surface area contributed by atoms with Crippen LogP contribution in [0.25, 0.3) is 0 Å². The molecular formula is C11H14ClNO2. The van der Waals surface area contributed by atoms with Crippen LogP contribution < -0.4 is 5.32 Å². The van der Waals surface area contributed by atoms with Crippen LogP contribution in [0.15, 0.2) is 24.3 Å². The lowest BCUT2D eigenvalue weighted by Crippen LogP contribution is -2.25. The van der Waals surface area contributed by atoms with Crippen LogP contribution in [-0.4, -0.2) is 19.2 Å². The van der Waals surface area contributed by atoms with Crippen molar-refractivity contribution in [1.29, 1.82) is 0 Å². The molecule has 0 saturated heterocycles. The molecule has 0 fully saturated rings. The molecule has 82 valence electrons. The van der Waals surface area contributed by atoms with E-state index >= 15 is 0 Å². The molecule has 1 aromatic rings. The number of carbonyl (C=O) groups excluding carboxylic acids is 1. The smallest absolute Gasteiger partial charge is 0.407 e. The number of benzene rings is 1. The first-order valence-electron chi connectivity index (χ1n) is 4.75. The first-order valence-corrected chi connectivity index (χ1v) is 5.13. The summed E-state index contributed by atoms with van der Waals surface area (Å²) in [5.74, 6) is 0. The van der Waals surface area contributed by atoms with Crippen molar-refractivity contribution in [3.05, 3.63) is 34.9 Å². The summed E-state index contributed by atoms with van der Waals surface area (Å²) in [6.45, 7) is 1.83. The number of carbonyl (C=O) groups is 1. The number of ether oxygens (including phenoxy) is 1. The summed E-state index contributed by atoms with van der Waals surface area (Å²) < 4.78 is 5.05. The van der Waals surface area contributed by atoms with E-state index in [-0.39, 0.29) is 6.10 Å². The van der Waals surface area contributed by atoms with E-state index in [2.05, 4.69) is 5.32 Å². The zero-order valence-electron chi connectivity index (χ0n) is 8.79. The van der Waals surface area contributed by atoms with Gasteiger partial charge >= 0.3 is 6.09 Å². The normalized spacial score (nSPS) is 11.9. The molecule has 0 saturated carbocycles. The van der Waals surface area contributed by atoms with Gasteiger partial charge < -0.3 is 10.1 Å². The van der Waals surface area contributed by atoms with Crippen molar-refractivity contribution < 1.29 is 9.53 Å². The topological polar surface area (TPSA) is 38.3 Å². The van der Waals surface area contributed by atoms with Crippen molar-refractivity contribution in [2.45, 2.75) is 19.4 Å². The molecule has 0 aliphatic carbocycles. The van der Waals surface area contributed by atoms with Crippen LogP contribution in [0, 0.1) is 0 Å². The Hall–Kier alpha value is -1.22. The van der Waals surface area contributed by atoms with Crippen molar-refractivity contribution in [1.82, 2.24) is 5.32 Å². The Labute approximate surface area is 94.4 Å². The molecule has 0 aliphatic rings. The van der Waals surface area contributed by atoms with Crippen LogP contribution in [0.1, 0.15) is 12.5 Å². The van der Waals surface area contributed by atoms with Gasteiger partial charge in [0.05, 0.1) is 0 Å². The molecule has 4 heteroatoms. The van der Waals surface area contributed by atoms with E-state index in [9.17, 15) is 4.79 Å². The van der Waals surface area contributed by atoms with E-state index in [4.69, 9.17) is 16.3 Å². The molecule has 0 aliphatic heterocycles. The van der Waals surface area contributed by atoms with Gasteiger partial charge in [-0.2, -0.15) is 0 Å². The van der Waals surface area contributed by atoms with Crippen LogP contribution in [0.4, 0.5) is 4.79 Å². The third kappa shape index (κ3) is 3.80. The largest absolute Gasteiger partial charge is 0.446 e. The van der Waals surface area contributed by atoms with Gasteiger partial charge in [-0.1, -0.05) is 29.8 Å². The Bertz CT molecular complexity index is 341. The molecule has 1 rings (SSSR count). The summed E-state index contributed by atoms with van der Waals surface area (Å²) in [6.07, 6.45) is 0.00648. The zero-order valence-corrected chi connectivity index (χ0v) is 9.54. The lowest BCUT2D eigenvalue weighted by molar-refractivity contribution is 0.109. The predicted octanol–water partition coefficient (Wildman–Crippen LogP) is 2.63. The Balaban J connectivity index is 2.55. The lowest BCUT2D eigenvalue weighted by Gasteiger charge is -2.13. The fraction of sp³-hybridized carbons (Fsp3) is 0.364. The second-order valence-electron chi connectivity index (χ2n) is 3.26. The van der Waals surface area contributed by atoms with Crippen molar-refractivity contribution in [3.8, 4) is 0 Å². The SMILES string of the molecule is CNC(=O)O[C@@H](C)Cc1ccccc1Cl. The highest BCUT2D eigenvalue weighted by molar-refractivity contribution is 6.31. The van der Waals surface area contributed by atoms with E-state index in [1.54, 1.807) is 0 Å². The number of alkyl carbamates (subject to hydrolysis) is 1. The van der Waals surface area contributed by atoms with E-state index in [1.165, 1.54) is 7.05 Å². The second kappa shape index (κ2) is 5.61. The summed E-state index contributed by atoms with van der Waals surface area (Å²) in [7, 11) is 1.53. The maximum atomic E-state index is 10.9. The van der Waals surface area contributed by atoms with Crippen LogP contribution >= 0.6 is 11.6 Å². The highest BCUT2D eigenvalue weighted by atomic mass is 35.5. The van der Waals surface area contributed by atoms with Gasteiger partial charge in [-0.25, -0.2) is 4.79 Å². The molecular weight excluding hydrogens is 214 g/mol. The number of amides is 1. The molecule has 0 heterocycles. The van der Waals surface area contributed by atoms with E-state index in [1.807, 2.05) is 31.2 Å². The number of rotatable bonds is 3. The fourth-order valence-corrected chi connectivity index (χ4v) is 1.47. The van der Waals surface area contributed by atoms with Gasteiger partial charge in [0.25, 0.3) is 0 Å². The number of nitrogens with one attached hydrogen (secondary N) is 1. The molecule has 0 bridgehead atoms. The minimum Gasteiger partial charge on any atom is -0.446 e. The molecule has 0 unspecified atom stereocenters. The maximum Gasteiger partial charge on any atom is 0.407 e. The molecule has 1 atom stereocenters. The second-order valence-corrected chi connectivity index (χ2v) is 3.67. The Morgan fingerprint density at radius 1 is 1.53 bits per heavy atom. The van der Waals surface area contributed by atoms with Crippen molar-refractivity contribution in [2.24, 2.45) is 0 Å². The Morgan fingerprint density at radius 3 is 2.80 bits per heavy atom. The molecule has 3 nitrogen and oxygen atoms in total. The highest BCUT2D eigenvalue weighted by Gasteiger charge is 2.10. The molecule has 0 aromatic heterocycles. The first kappa shape index (κ1) is 11.9. The van der Waals surface area contributed by atoms with E-state index in [0.29, 0.717) is 11.4 Å². The minimum atomic E-state index is -0.422. The van der Waals surface area contributed by atoms with Crippen molar-refractivity contribution in [2.75, 3.05) is 7.05 Å². The molecule has 1 aromatic carbocycles. The van der Waals surface area contributed by atoms with Gasteiger partial charge in [0.2, 0.25) is 0 Å². The predicted molar refractivity (Wildman–Crippen MR) is 60.2 cm³/mol. The lowest BCUT2D eigenvalue weighted by atomic mass is 10.1. The fourth-order valence-electron chi connectivity index (χ4n) is 1.26. The summed E-state index contributed by atoms with van der Waals surface area (Å²) >= 11 is 5.98. The average molecular weight is 228 g/mol. The monoisotopic (exact) mass is 227 g/mol. The third-order valence-electron chi connectivity index (χ3n) is 1.98. The molecule has 15 heavy (non-hydrogen) atoms. The molecule has 0 radical (unpaired) electrons. The van der Waals surface area contributed by atoms with Crippen molar-refractivity contribution >= 4 is 17.7 Å². The Kier molecular flexibility index (Phi) is 4.43. The van der Waals surface area contributed by atoms with Crippen LogP contribution in [0.5, 0.6) is 0 Å². The van der Waals surface area contributed by atoms with Gasteiger partial charge in [-0.15, -0.1) is 0 Å². The first-order chi connectivity index (χ1) is 7.13. The van der Waals surface area contributed by atoms with Gasteiger partial charge in [0.1, 0.15) is 6.10 Å². The highest BCUT2D eigenvalue weighted by Crippen LogP contribution is 2.17. The van der Waals surface area contributed by atoms with Crippen LogP contribution in [0.3, 0.4) is 0 Å². The quantitative estimate of drug-likeness (QED) is 0.862. The maximum absolute atomic E-state index is 10.9. The Morgan fingerprint density at radius 2 is 2.20 bits per heavy atom. The van der Waals surface area contributed by atoms with Crippen LogP contribution in [0.2, 0.25) is 5.02 Å². The van der Waals surface area contributed by atoms with Gasteiger partial charge in [0.15, 0.2) is 0 Å². The van der Waals surface area contributed by atoms with Crippen molar-refractivity contribution in [3.63, 3.8) is 0 Å². The molecule has 1 amide bonds. The summed E-state index contributed by atoms with van der Waals surface area (Å²) in [5.41, 5.74) is 0.982. The zero-order chi connectivity index (χ0) is 11.3. The summed E-state index contributed by atoms with van der Waals surface area (Å²) in [4.78, 5) is 10.9. The third-order valence-corrected chi connectivity index (χ3v) is 2.35.